The third-order valence-electron chi connectivity index (χ3n) is 5.17. The Morgan fingerprint density at radius 2 is 2.04 bits per heavy atom. The van der Waals surface area contributed by atoms with E-state index in [1.54, 1.807) is 4.90 Å². The van der Waals surface area contributed by atoms with Crippen LogP contribution in [0, 0.1) is 18.8 Å². The molecule has 2 fully saturated rings. The summed E-state index contributed by atoms with van der Waals surface area (Å²) in [6.07, 6.45) is 0.657. The highest BCUT2D eigenvalue weighted by molar-refractivity contribution is 6.01. The number of morpholine rings is 1. The Balaban J connectivity index is 1.47. The highest BCUT2D eigenvalue weighted by atomic mass is 16.5. The van der Waals surface area contributed by atoms with E-state index in [9.17, 15) is 9.59 Å². The normalized spacial score (nSPS) is 22.7. The smallest absolute Gasteiger partial charge is 0.230 e. The maximum atomic E-state index is 12.8. The zero-order valence-electron chi connectivity index (χ0n) is 15.7. The maximum Gasteiger partial charge on any atom is 0.230 e. The van der Waals surface area contributed by atoms with E-state index in [-0.39, 0.29) is 23.7 Å². The SMILES string of the molecule is CCN(C(=O)C1CC1C(=O)NCCN1CCOCC1)c1cccc(C)c1. The predicted octanol–water partition coefficient (Wildman–Crippen LogP) is 1.43. The van der Waals surface area contributed by atoms with Crippen molar-refractivity contribution in [1.29, 1.82) is 0 Å². The second-order valence-corrected chi connectivity index (χ2v) is 7.12. The van der Waals surface area contributed by atoms with Gasteiger partial charge in [-0.25, -0.2) is 0 Å². The first-order valence-corrected chi connectivity index (χ1v) is 9.56. The van der Waals surface area contributed by atoms with E-state index in [1.807, 2.05) is 38.1 Å². The maximum absolute atomic E-state index is 12.8. The molecule has 0 radical (unpaired) electrons. The molecule has 26 heavy (non-hydrogen) atoms. The van der Waals surface area contributed by atoms with E-state index in [1.165, 1.54) is 0 Å². The molecule has 6 heteroatoms. The number of amides is 2. The molecule has 1 aliphatic heterocycles. The van der Waals surface area contributed by atoms with Crippen LogP contribution in [0.5, 0.6) is 0 Å². The third-order valence-corrected chi connectivity index (χ3v) is 5.17. The van der Waals surface area contributed by atoms with Crippen molar-refractivity contribution in [3.8, 4) is 0 Å². The summed E-state index contributed by atoms with van der Waals surface area (Å²) >= 11 is 0. The van der Waals surface area contributed by atoms with Crippen LogP contribution in [0.3, 0.4) is 0 Å². The summed E-state index contributed by atoms with van der Waals surface area (Å²) in [5.41, 5.74) is 2.04. The summed E-state index contributed by atoms with van der Waals surface area (Å²) in [5.74, 6) is -0.284. The molecule has 2 aliphatic rings. The third kappa shape index (κ3) is 4.62. The molecule has 1 aromatic carbocycles. The summed E-state index contributed by atoms with van der Waals surface area (Å²) in [6.45, 7) is 9.44. The van der Waals surface area contributed by atoms with Crippen LogP contribution < -0.4 is 10.2 Å². The number of hydrogen-bond donors (Lipinski definition) is 1. The zero-order chi connectivity index (χ0) is 18.5. The minimum absolute atomic E-state index is 0.0110. The molecular weight excluding hydrogens is 330 g/mol. The minimum atomic E-state index is -0.182. The first kappa shape index (κ1) is 18.9. The van der Waals surface area contributed by atoms with Gasteiger partial charge in [0.25, 0.3) is 0 Å². The van der Waals surface area contributed by atoms with Gasteiger partial charge in [-0.3, -0.25) is 14.5 Å². The largest absolute Gasteiger partial charge is 0.379 e. The number of ether oxygens (including phenoxy) is 1. The van der Waals surface area contributed by atoms with Crippen LogP contribution in [0.2, 0.25) is 0 Å². The predicted molar refractivity (Wildman–Crippen MR) is 101 cm³/mol. The van der Waals surface area contributed by atoms with Gasteiger partial charge >= 0.3 is 0 Å². The van der Waals surface area contributed by atoms with E-state index < -0.39 is 0 Å². The number of benzene rings is 1. The van der Waals surface area contributed by atoms with Crippen LogP contribution in [-0.2, 0) is 14.3 Å². The number of hydrogen-bond acceptors (Lipinski definition) is 4. The van der Waals surface area contributed by atoms with E-state index in [4.69, 9.17) is 4.74 Å². The molecule has 1 aliphatic carbocycles. The minimum Gasteiger partial charge on any atom is -0.379 e. The molecular formula is C20H29N3O3. The molecule has 0 aromatic heterocycles. The Morgan fingerprint density at radius 3 is 2.73 bits per heavy atom. The number of aryl methyl sites for hydroxylation is 1. The van der Waals surface area contributed by atoms with Crippen LogP contribution in [0.25, 0.3) is 0 Å². The monoisotopic (exact) mass is 359 g/mol. The fourth-order valence-electron chi connectivity index (χ4n) is 3.51. The van der Waals surface area contributed by atoms with Gasteiger partial charge in [-0.2, -0.15) is 0 Å². The van der Waals surface area contributed by atoms with Gasteiger partial charge in [0.2, 0.25) is 11.8 Å². The lowest BCUT2D eigenvalue weighted by molar-refractivity contribution is -0.126. The Labute approximate surface area is 155 Å². The Kier molecular flexibility index (Phi) is 6.27. The Hall–Kier alpha value is -1.92. The number of nitrogens with one attached hydrogen (secondary N) is 1. The summed E-state index contributed by atoms with van der Waals surface area (Å²) in [7, 11) is 0. The lowest BCUT2D eigenvalue weighted by Crippen LogP contribution is -2.42. The van der Waals surface area contributed by atoms with Crippen LogP contribution in [0.1, 0.15) is 18.9 Å². The Morgan fingerprint density at radius 1 is 1.27 bits per heavy atom. The molecule has 1 aromatic rings. The summed E-state index contributed by atoms with van der Waals surface area (Å²) in [4.78, 5) is 29.2. The number of carbonyl (C=O) groups excluding carboxylic acids is 2. The fourth-order valence-corrected chi connectivity index (χ4v) is 3.51. The fraction of sp³-hybridized carbons (Fsp3) is 0.600. The number of anilines is 1. The quantitative estimate of drug-likeness (QED) is 0.800. The van der Waals surface area contributed by atoms with Gasteiger partial charge in [-0.1, -0.05) is 12.1 Å². The van der Waals surface area contributed by atoms with E-state index in [2.05, 4.69) is 10.2 Å². The van der Waals surface area contributed by atoms with Crippen molar-refractivity contribution >= 4 is 17.5 Å². The second kappa shape index (κ2) is 8.64. The molecule has 142 valence electrons. The summed E-state index contributed by atoms with van der Waals surface area (Å²) in [6, 6.07) is 7.95. The zero-order valence-corrected chi connectivity index (χ0v) is 15.7. The number of carbonyl (C=O) groups is 2. The number of nitrogens with zero attached hydrogens (tertiary/aromatic N) is 2. The molecule has 3 rings (SSSR count). The van der Waals surface area contributed by atoms with Crippen LogP contribution in [0.15, 0.2) is 24.3 Å². The van der Waals surface area contributed by atoms with Crippen LogP contribution >= 0.6 is 0 Å². The summed E-state index contributed by atoms with van der Waals surface area (Å²) < 4.78 is 5.32. The average molecular weight is 359 g/mol. The van der Waals surface area contributed by atoms with Crippen molar-refractivity contribution in [2.75, 3.05) is 50.8 Å². The van der Waals surface area contributed by atoms with E-state index >= 15 is 0 Å². The van der Waals surface area contributed by atoms with Crippen molar-refractivity contribution in [1.82, 2.24) is 10.2 Å². The second-order valence-electron chi connectivity index (χ2n) is 7.12. The molecule has 2 atom stereocenters. The van der Waals surface area contributed by atoms with E-state index in [0.29, 0.717) is 19.5 Å². The van der Waals surface area contributed by atoms with Gasteiger partial charge in [0.15, 0.2) is 0 Å². The molecule has 2 amide bonds. The molecule has 1 N–H and O–H groups in total. The average Bonchev–Trinajstić information content (AvgIpc) is 3.44. The van der Waals surface area contributed by atoms with E-state index in [0.717, 1.165) is 44.1 Å². The van der Waals surface area contributed by atoms with Crippen molar-refractivity contribution in [3.63, 3.8) is 0 Å². The first-order valence-electron chi connectivity index (χ1n) is 9.56. The van der Waals surface area contributed by atoms with Crippen LogP contribution in [0.4, 0.5) is 5.69 Å². The Bertz CT molecular complexity index is 643. The molecule has 6 nitrogen and oxygen atoms in total. The highest BCUT2D eigenvalue weighted by Crippen LogP contribution is 2.41. The molecule has 1 saturated heterocycles. The molecule has 0 spiro atoms. The van der Waals surface area contributed by atoms with Crippen molar-refractivity contribution < 1.29 is 14.3 Å². The van der Waals surface area contributed by atoms with Crippen molar-refractivity contribution in [3.05, 3.63) is 29.8 Å². The van der Waals surface area contributed by atoms with Crippen molar-refractivity contribution in [2.24, 2.45) is 11.8 Å². The van der Waals surface area contributed by atoms with Crippen LogP contribution in [-0.4, -0.2) is 62.7 Å². The lowest BCUT2D eigenvalue weighted by Gasteiger charge is -2.26. The van der Waals surface area contributed by atoms with Gasteiger partial charge in [0, 0.05) is 38.4 Å². The molecule has 2 unspecified atom stereocenters. The topological polar surface area (TPSA) is 61.9 Å². The molecule has 0 bridgehead atoms. The van der Waals surface area contributed by atoms with Gasteiger partial charge in [0.1, 0.15) is 0 Å². The lowest BCUT2D eigenvalue weighted by atomic mass is 10.2. The molecule has 1 heterocycles. The highest BCUT2D eigenvalue weighted by Gasteiger charge is 2.49. The number of rotatable bonds is 7. The standard InChI is InChI=1S/C20H29N3O3/c1-3-23(16-6-4-5-15(2)13-16)20(25)18-14-17(18)19(24)21-7-8-22-9-11-26-12-10-22/h4-6,13,17-18H,3,7-12,14H2,1-2H3,(H,21,24). The van der Waals surface area contributed by atoms with Gasteiger partial charge in [-0.05, 0) is 38.0 Å². The first-order chi connectivity index (χ1) is 12.6. The van der Waals surface area contributed by atoms with Crippen molar-refractivity contribution in [2.45, 2.75) is 20.3 Å². The van der Waals surface area contributed by atoms with Gasteiger partial charge < -0.3 is 15.0 Å². The molecule has 1 saturated carbocycles. The van der Waals surface area contributed by atoms with Gasteiger partial charge in [-0.15, -0.1) is 0 Å². The van der Waals surface area contributed by atoms with Gasteiger partial charge in [0.05, 0.1) is 25.0 Å². The summed E-state index contributed by atoms with van der Waals surface area (Å²) in [5, 5.41) is 2.99.